The Labute approximate surface area is 174 Å². The van der Waals surface area contributed by atoms with Crippen LogP contribution in [-0.2, 0) is 0 Å². The first-order chi connectivity index (χ1) is 13.7. The van der Waals surface area contributed by atoms with Gasteiger partial charge in [0.15, 0.2) is 0 Å². The average Bonchev–Trinajstić information content (AvgIpc) is 3.01. The molecular weight excluding hydrogens is 437 g/mol. The third-order valence-electron chi connectivity index (χ3n) is 4.78. The summed E-state index contributed by atoms with van der Waals surface area (Å²) in [5.41, 5.74) is 3.23. The Balaban J connectivity index is 1.64. The molecule has 2 heterocycles. The second-order valence-electron chi connectivity index (χ2n) is 6.65. The molecular formula is C23H15BrFNOS. The predicted octanol–water partition coefficient (Wildman–Crippen LogP) is 7.69. The van der Waals surface area contributed by atoms with Crippen molar-refractivity contribution in [1.29, 1.82) is 0 Å². The van der Waals surface area contributed by atoms with Gasteiger partial charge in [-0.2, -0.15) is 0 Å². The summed E-state index contributed by atoms with van der Waals surface area (Å²) in [5.74, 6) is 0.541. The van der Waals surface area contributed by atoms with Gasteiger partial charge in [0.1, 0.15) is 17.2 Å². The molecule has 3 aromatic carbocycles. The lowest BCUT2D eigenvalue weighted by molar-refractivity contribution is 0.597. The summed E-state index contributed by atoms with van der Waals surface area (Å²) in [4.78, 5) is 5.95. The minimum atomic E-state index is -0.188. The Bertz CT molecular complexity index is 1220. The number of nitrogens with zero attached hydrogens (tertiary/aromatic N) is 1. The first kappa shape index (κ1) is 17.7. The summed E-state index contributed by atoms with van der Waals surface area (Å²) in [5, 5.41) is 0.934. The van der Waals surface area contributed by atoms with Crippen LogP contribution in [0.2, 0.25) is 0 Å². The van der Waals surface area contributed by atoms with Crippen LogP contribution in [0.25, 0.3) is 11.0 Å². The normalized spacial score (nSPS) is 16.5. The van der Waals surface area contributed by atoms with Gasteiger partial charge < -0.3 is 4.42 Å². The Morgan fingerprint density at radius 3 is 2.71 bits per heavy atom. The average molecular weight is 452 g/mol. The first-order valence-corrected chi connectivity index (χ1v) is 10.6. The summed E-state index contributed by atoms with van der Waals surface area (Å²) < 4.78 is 21.6. The number of hydrogen-bond donors (Lipinski definition) is 0. The molecule has 1 atom stereocenters. The third-order valence-corrected chi connectivity index (χ3v) is 6.58. The van der Waals surface area contributed by atoms with Crippen LogP contribution in [0.15, 0.2) is 91.6 Å². The molecule has 138 valence electrons. The van der Waals surface area contributed by atoms with Crippen molar-refractivity contribution in [3.63, 3.8) is 0 Å². The molecule has 0 N–H and O–H groups in total. The predicted molar refractivity (Wildman–Crippen MR) is 116 cm³/mol. The number of benzene rings is 3. The van der Waals surface area contributed by atoms with Crippen molar-refractivity contribution in [2.45, 2.75) is 16.6 Å². The van der Waals surface area contributed by atoms with Crippen LogP contribution in [0, 0.1) is 5.82 Å². The number of para-hydroxylation sites is 1. The van der Waals surface area contributed by atoms with Crippen molar-refractivity contribution in [2.24, 2.45) is 4.99 Å². The molecule has 28 heavy (non-hydrogen) atoms. The number of thioether (sulfide) groups is 1. The van der Waals surface area contributed by atoms with E-state index in [1.54, 1.807) is 17.8 Å². The van der Waals surface area contributed by atoms with E-state index >= 15 is 0 Å². The van der Waals surface area contributed by atoms with Crippen LogP contribution in [0.1, 0.15) is 23.0 Å². The van der Waals surface area contributed by atoms with Crippen molar-refractivity contribution in [3.05, 3.63) is 94.4 Å². The number of fused-ring (bicyclic) bond motifs is 2. The molecule has 0 saturated heterocycles. The summed E-state index contributed by atoms with van der Waals surface area (Å²) in [6.07, 6.45) is 0.585. The zero-order valence-electron chi connectivity index (χ0n) is 14.7. The highest BCUT2D eigenvalue weighted by atomic mass is 79.9. The Morgan fingerprint density at radius 2 is 1.82 bits per heavy atom. The topological polar surface area (TPSA) is 25.5 Å². The van der Waals surface area contributed by atoms with Crippen LogP contribution in [0.5, 0.6) is 0 Å². The van der Waals surface area contributed by atoms with Crippen LogP contribution < -0.4 is 0 Å². The maximum absolute atomic E-state index is 14.5. The maximum atomic E-state index is 14.5. The molecule has 1 aromatic heterocycles. The second-order valence-corrected chi connectivity index (χ2v) is 8.81. The number of hydrogen-bond acceptors (Lipinski definition) is 3. The van der Waals surface area contributed by atoms with Gasteiger partial charge in [-0.05, 0) is 42.5 Å². The van der Waals surface area contributed by atoms with Crippen LogP contribution in [0.3, 0.4) is 0 Å². The van der Waals surface area contributed by atoms with Crippen molar-refractivity contribution >= 4 is 50.1 Å². The molecule has 0 saturated carbocycles. The molecule has 5 heteroatoms. The smallest absolute Gasteiger partial charge is 0.149 e. The lowest BCUT2D eigenvalue weighted by Crippen LogP contribution is -2.05. The van der Waals surface area contributed by atoms with E-state index in [1.165, 1.54) is 6.07 Å². The number of furan rings is 1. The molecule has 1 aliphatic rings. The molecule has 0 amide bonds. The van der Waals surface area contributed by atoms with Gasteiger partial charge in [0.05, 0.1) is 11.4 Å². The van der Waals surface area contributed by atoms with E-state index in [-0.39, 0.29) is 11.1 Å². The molecule has 0 radical (unpaired) electrons. The maximum Gasteiger partial charge on any atom is 0.149 e. The number of halogens is 2. The lowest BCUT2D eigenvalue weighted by Gasteiger charge is -2.16. The van der Waals surface area contributed by atoms with Crippen molar-refractivity contribution in [3.8, 4) is 0 Å². The van der Waals surface area contributed by atoms with Gasteiger partial charge in [-0.3, -0.25) is 0 Å². The van der Waals surface area contributed by atoms with Gasteiger partial charge in [0, 0.05) is 32.0 Å². The summed E-state index contributed by atoms with van der Waals surface area (Å²) in [6, 6.07) is 22.9. The quantitative estimate of drug-likeness (QED) is 0.312. The minimum Gasteiger partial charge on any atom is -0.455 e. The highest BCUT2D eigenvalue weighted by molar-refractivity contribution is 9.10. The lowest BCUT2D eigenvalue weighted by atomic mass is 10.0. The fourth-order valence-electron chi connectivity index (χ4n) is 3.43. The van der Waals surface area contributed by atoms with E-state index in [2.05, 4.69) is 15.9 Å². The largest absolute Gasteiger partial charge is 0.455 e. The molecule has 5 rings (SSSR count). The number of aliphatic imine (C=N–C) groups is 1. The van der Waals surface area contributed by atoms with E-state index in [9.17, 15) is 4.39 Å². The van der Waals surface area contributed by atoms with E-state index in [0.717, 1.165) is 37.5 Å². The van der Waals surface area contributed by atoms with Crippen LogP contribution in [0.4, 0.5) is 10.1 Å². The van der Waals surface area contributed by atoms with Crippen LogP contribution in [-0.4, -0.2) is 5.71 Å². The van der Waals surface area contributed by atoms with Crippen molar-refractivity contribution < 1.29 is 8.81 Å². The van der Waals surface area contributed by atoms with E-state index < -0.39 is 0 Å². The van der Waals surface area contributed by atoms with Gasteiger partial charge in [0.2, 0.25) is 0 Å². The molecule has 2 nitrogen and oxygen atoms in total. The first-order valence-electron chi connectivity index (χ1n) is 8.94. The highest BCUT2D eigenvalue weighted by Gasteiger charge is 2.26. The number of rotatable bonds is 2. The van der Waals surface area contributed by atoms with Crippen molar-refractivity contribution in [2.75, 3.05) is 0 Å². The van der Waals surface area contributed by atoms with Gasteiger partial charge in [-0.1, -0.05) is 46.3 Å². The van der Waals surface area contributed by atoms with Gasteiger partial charge in [-0.15, -0.1) is 11.8 Å². The Morgan fingerprint density at radius 1 is 1.00 bits per heavy atom. The van der Waals surface area contributed by atoms with E-state index in [0.29, 0.717) is 12.0 Å². The molecule has 0 spiro atoms. The Kier molecular flexibility index (Phi) is 4.57. The molecule has 1 aliphatic heterocycles. The second kappa shape index (κ2) is 7.22. The fourth-order valence-corrected chi connectivity index (χ4v) is 5.07. The van der Waals surface area contributed by atoms with Gasteiger partial charge in [0.25, 0.3) is 0 Å². The summed E-state index contributed by atoms with van der Waals surface area (Å²) in [6.45, 7) is 0. The monoisotopic (exact) mass is 451 g/mol. The van der Waals surface area contributed by atoms with Crippen molar-refractivity contribution in [1.82, 2.24) is 0 Å². The molecule has 1 unspecified atom stereocenters. The zero-order valence-corrected chi connectivity index (χ0v) is 17.1. The van der Waals surface area contributed by atoms with E-state index in [4.69, 9.17) is 9.41 Å². The van der Waals surface area contributed by atoms with Gasteiger partial charge >= 0.3 is 0 Å². The summed E-state index contributed by atoms with van der Waals surface area (Å²) in [7, 11) is 0. The standard InChI is InChI=1S/C23H15BrFNOS/c24-15-9-10-20-14(11-15)12-21(27-20)19-13-23(16-5-1-2-6-17(16)25)28-22-8-4-3-7-18(22)26-19/h1-12,23H,13H2. The highest BCUT2D eigenvalue weighted by Crippen LogP contribution is 2.46. The molecule has 0 bridgehead atoms. The third kappa shape index (κ3) is 3.29. The minimum absolute atomic E-state index is 0.0800. The molecule has 0 fully saturated rings. The SMILES string of the molecule is Fc1ccccc1C1CC(c2cc3cc(Br)ccc3o2)=Nc2ccccc2S1. The van der Waals surface area contributed by atoms with E-state index in [1.807, 2.05) is 60.7 Å². The molecule has 4 aromatic rings. The van der Waals surface area contributed by atoms with Crippen LogP contribution >= 0.6 is 27.7 Å². The van der Waals surface area contributed by atoms with Gasteiger partial charge in [-0.25, -0.2) is 9.38 Å². The Hall–Kier alpha value is -2.37. The molecule has 0 aliphatic carbocycles. The zero-order chi connectivity index (χ0) is 19.1. The fraction of sp³-hybridized carbons (Fsp3) is 0.0870. The summed E-state index contributed by atoms with van der Waals surface area (Å²) >= 11 is 5.15.